The Balaban J connectivity index is 1.50. The number of ether oxygens (including phenoxy) is 1. The number of nitrogens with one attached hydrogen (secondary N) is 1. The third-order valence-electron chi connectivity index (χ3n) is 5.54. The quantitative estimate of drug-likeness (QED) is 0.808. The molecule has 0 spiro atoms. The summed E-state index contributed by atoms with van der Waals surface area (Å²) in [6.07, 6.45) is 0.947. The molecule has 2 aromatic rings. The second kappa shape index (κ2) is 9.33. The van der Waals surface area contributed by atoms with Crippen LogP contribution in [0.15, 0.2) is 54.6 Å². The van der Waals surface area contributed by atoms with E-state index in [4.69, 9.17) is 4.74 Å². The van der Waals surface area contributed by atoms with Crippen molar-refractivity contribution in [2.75, 3.05) is 13.1 Å². The average Bonchev–Trinajstić information content (AvgIpc) is 2.74. The highest BCUT2D eigenvalue weighted by Gasteiger charge is 2.28. The monoisotopic (exact) mass is 408 g/mol. The maximum Gasteiger partial charge on any atom is 0.263 e. The number of nitrogens with zero attached hydrogens (tertiary/aromatic N) is 1. The second-order valence-corrected chi connectivity index (χ2v) is 8.98. The van der Waals surface area contributed by atoms with Crippen LogP contribution in [0.3, 0.4) is 0 Å². The molecule has 5 nitrogen and oxygen atoms in total. The summed E-state index contributed by atoms with van der Waals surface area (Å²) in [5.74, 6) is 0.646. The molecule has 160 valence electrons. The van der Waals surface area contributed by atoms with Crippen molar-refractivity contribution in [2.45, 2.75) is 58.1 Å². The largest absolute Gasteiger partial charge is 0.481 e. The van der Waals surface area contributed by atoms with Crippen molar-refractivity contribution in [2.24, 2.45) is 0 Å². The summed E-state index contributed by atoms with van der Waals surface area (Å²) in [6, 6.07) is 17.2. The van der Waals surface area contributed by atoms with E-state index in [-0.39, 0.29) is 23.3 Å². The summed E-state index contributed by atoms with van der Waals surface area (Å²) in [4.78, 5) is 27.0. The Morgan fingerprint density at radius 3 is 2.33 bits per heavy atom. The third-order valence-corrected chi connectivity index (χ3v) is 5.54. The van der Waals surface area contributed by atoms with Crippen LogP contribution in [-0.2, 0) is 10.2 Å². The Bertz CT molecular complexity index is 865. The zero-order valence-electron chi connectivity index (χ0n) is 18.4. The summed E-state index contributed by atoms with van der Waals surface area (Å²) < 4.78 is 5.95. The molecule has 1 fully saturated rings. The number of carbonyl (C=O) groups is 2. The minimum Gasteiger partial charge on any atom is -0.481 e. The Labute approximate surface area is 179 Å². The standard InChI is InChI=1S/C25H32N2O3/c1-18(30-22-12-8-11-20(17-22)25(2,3)4)24(29)27-15-13-21(14-16-27)26-23(28)19-9-6-5-7-10-19/h5-12,17-18,21H,13-16H2,1-4H3,(H,26,28). The molecule has 1 aliphatic rings. The first-order valence-corrected chi connectivity index (χ1v) is 10.7. The molecule has 30 heavy (non-hydrogen) atoms. The topological polar surface area (TPSA) is 58.6 Å². The van der Waals surface area contributed by atoms with Crippen molar-refractivity contribution in [3.05, 3.63) is 65.7 Å². The predicted octanol–water partition coefficient (Wildman–Crippen LogP) is 4.17. The van der Waals surface area contributed by atoms with Gasteiger partial charge in [0.1, 0.15) is 5.75 Å². The number of hydrogen-bond donors (Lipinski definition) is 1. The maximum atomic E-state index is 12.8. The molecule has 1 unspecified atom stereocenters. The number of amides is 2. The lowest BCUT2D eigenvalue weighted by Crippen LogP contribution is -2.49. The van der Waals surface area contributed by atoms with E-state index in [0.717, 1.165) is 12.8 Å². The van der Waals surface area contributed by atoms with E-state index in [0.29, 0.717) is 24.4 Å². The van der Waals surface area contributed by atoms with E-state index in [2.05, 4.69) is 32.2 Å². The Morgan fingerprint density at radius 1 is 1.03 bits per heavy atom. The molecule has 0 radical (unpaired) electrons. The highest BCUT2D eigenvalue weighted by molar-refractivity contribution is 5.94. The zero-order valence-corrected chi connectivity index (χ0v) is 18.4. The fourth-order valence-electron chi connectivity index (χ4n) is 3.65. The van der Waals surface area contributed by atoms with Crippen LogP contribution in [0.5, 0.6) is 5.75 Å². The summed E-state index contributed by atoms with van der Waals surface area (Å²) in [5, 5.41) is 3.08. The normalized spacial score (nSPS) is 16.1. The molecule has 1 aliphatic heterocycles. The van der Waals surface area contributed by atoms with E-state index in [1.165, 1.54) is 5.56 Å². The van der Waals surface area contributed by atoms with Crippen molar-refractivity contribution in [1.82, 2.24) is 10.2 Å². The number of likely N-dealkylation sites (tertiary alicyclic amines) is 1. The fourth-order valence-corrected chi connectivity index (χ4v) is 3.65. The van der Waals surface area contributed by atoms with Gasteiger partial charge in [0.15, 0.2) is 6.10 Å². The fraction of sp³-hybridized carbons (Fsp3) is 0.440. The van der Waals surface area contributed by atoms with Crippen LogP contribution in [0.4, 0.5) is 0 Å². The number of rotatable bonds is 5. The minimum absolute atomic E-state index is 0.0102. The van der Waals surface area contributed by atoms with Crippen LogP contribution in [0.2, 0.25) is 0 Å². The molecule has 0 aliphatic carbocycles. The van der Waals surface area contributed by atoms with Crippen LogP contribution in [0.25, 0.3) is 0 Å². The molecule has 0 saturated carbocycles. The van der Waals surface area contributed by atoms with Gasteiger partial charge in [0.05, 0.1) is 0 Å². The van der Waals surface area contributed by atoms with Gasteiger partial charge in [-0.15, -0.1) is 0 Å². The van der Waals surface area contributed by atoms with E-state index in [9.17, 15) is 9.59 Å². The van der Waals surface area contributed by atoms with Gasteiger partial charge in [-0.25, -0.2) is 0 Å². The van der Waals surface area contributed by atoms with E-state index >= 15 is 0 Å². The molecule has 1 atom stereocenters. The van der Waals surface area contributed by atoms with Crippen LogP contribution in [0, 0.1) is 0 Å². The van der Waals surface area contributed by atoms with Gasteiger partial charge in [-0.2, -0.15) is 0 Å². The van der Waals surface area contributed by atoms with Gasteiger partial charge >= 0.3 is 0 Å². The van der Waals surface area contributed by atoms with Crippen molar-refractivity contribution in [3.63, 3.8) is 0 Å². The molecule has 1 heterocycles. The van der Waals surface area contributed by atoms with E-state index in [1.54, 1.807) is 6.92 Å². The van der Waals surface area contributed by atoms with Crippen LogP contribution >= 0.6 is 0 Å². The first-order valence-electron chi connectivity index (χ1n) is 10.7. The molecule has 0 aromatic heterocycles. The summed E-state index contributed by atoms with van der Waals surface area (Å²) in [6.45, 7) is 9.50. The average molecular weight is 409 g/mol. The number of hydrogen-bond acceptors (Lipinski definition) is 3. The number of carbonyl (C=O) groups excluding carboxylic acids is 2. The van der Waals surface area contributed by atoms with Gasteiger partial charge in [0, 0.05) is 24.7 Å². The van der Waals surface area contributed by atoms with Gasteiger partial charge in [-0.3, -0.25) is 9.59 Å². The lowest BCUT2D eigenvalue weighted by Gasteiger charge is -2.34. The Hall–Kier alpha value is -2.82. The van der Waals surface area contributed by atoms with Crippen molar-refractivity contribution >= 4 is 11.8 Å². The van der Waals surface area contributed by atoms with Crippen LogP contribution in [-0.4, -0.2) is 41.9 Å². The first-order chi connectivity index (χ1) is 14.2. The van der Waals surface area contributed by atoms with Crippen LogP contribution < -0.4 is 10.1 Å². The smallest absolute Gasteiger partial charge is 0.263 e. The van der Waals surface area contributed by atoms with Crippen molar-refractivity contribution in [3.8, 4) is 5.75 Å². The summed E-state index contributed by atoms with van der Waals surface area (Å²) in [7, 11) is 0. The van der Waals surface area contributed by atoms with E-state index in [1.807, 2.05) is 53.4 Å². The highest BCUT2D eigenvalue weighted by atomic mass is 16.5. The molecule has 1 saturated heterocycles. The van der Waals surface area contributed by atoms with Crippen LogP contribution in [0.1, 0.15) is 56.5 Å². The maximum absolute atomic E-state index is 12.8. The highest BCUT2D eigenvalue weighted by Crippen LogP contribution is 2.26. The molecule has 2 amide bonds. The predicted molar refractivity (Wildman–Crippen MR) is 119 cm³/mol. The Morgan fingerprint density at radius 2 is 1.70 bits per heavy atom. The summed E-state index contributed by atoms with van der Waals surface area (Å²) >= 11 is 0. The molecule has 1 N–H and O–H groups in total. The molecule has 2 aromatic carbocycles. The third kappa shape index (κ3) is 5.62. The minimum atomic E-state index is -0.546. The Kier molecular flexibility index (Phi) is 6.80. The summed E-state index contributed by atoms with van der Waals surface area (Å²) in [5.41, 5.74) is 1.86. The lowest BCUT2D eigenvalue weighted by molar-refractivity contribution is -0.139. The molecular weight excluding hydrogens is 376 g/mol. The zero-order chi connectivity index (χ0) is 21.7. The van der Waals surface area contributed by atoms with Gasteiger partial charge in [0.25, 0.3) is 11.8 Å². The SMILES string of the molecule is CC(Oc1cccc(C(C)(C)C)c1)C(=O)N1CCC(NC(=O)c2ccccc2)CC1. The van der Waals surface area contributed by atoms with Gasteiger partial charge in [-0.1, -0.05) is 51.1 Å². The van der Waals surface area contributed by atoms with Crippen molar-refractivity contribution < 1.29 is 14.3 Å². The van der Waals surface area contributed by atoms with Gasteiger partial charge in [0.2, 0.25) is 0 Å². The van der Waals surface area contributed by atoms with Gasteiger partial charge in [-0.05, 0) is 55.0 Å². The molecular formula is C25H32N2O3. The number of benzene rings is 2. The van der Waals surface area contributed by atoms with Crippen molar-refractivity contribution in [1.29, 1.82) is 0 Å². The second-order valence-electron chi connectivity index (χ2n) is 8.98. The number of piperidine rings is 1. The molecule has 0 bridgehead atoms. The van der Waals surface area contributed by atoms with E-state index < -0.39 is 6.10 Å². The lowest BCUT2D eigenvalue weighted by atomic mass is 9.87. The van der Waals surface area contributed by atoms with Gasteiger partial charge < -0.3 is 15.0 Å². The molecule has 3 rings (SSSR count). The molecule has 5 heteroatoms. The first kappa shape index (κ1) is 21.9.